The van der Waals surface area contributed by atoms with E-state index >= 15 is 0 Å². The molecule has 1 aromatic carbocycles. The third kappa shape index (κ3) is 2.96. The summed E-state index contributed by atoms with van der Waals surface area (Å²) in [5.41, 5.74) is 2.33. The zero-order chi connectivity index (χ0) is 15.5. The Kier molecular flexibility index (Phi) is 4.11. The monoisotopic (exact) mass is 359 g/mol. The highest BCUT2D eigenvalue weighted by atomic mass is 79.9. The van der Waals surface area contributed by atoms with Crippen LogP contribution in [0.25, 0.3) is 5.52 Å². The molecule has 0 fully saturated rings. The van der Waals surface area contributed by atoms with Gasteiger partial charge in [-0.2, -0.15) is 5.10 Å². The lowest BCUT2D eigenvalue weighted by Crippen LogP contribution is -2.23. The Bertz CT molecular complexity index is 796. The van der Waals surface area contributed by atoms with E-state index in [4.69, 9.17) is 4.74 Å². The van der Waals surface area contributed by atoms with Crippen LogP contribution in [0.1, 0.15) is 16.1 Å². The van der Waals surface area contributed by atoms with Crippen LogP contribution >= 0.6 is 15.9 Å². The number of halogens is 1. The van der Waals surface area contributed by atoms with Gasteiger partial charge in [0.2, 0.25) is 0 Å². The van der Waals surface area contributed by atoms with Crippen molar-refractivity contribution in [1.82, 2.24) is 14.9 Å². The normalized spacial score (nSPS) is 10.6. The number of nitrogens with one attached hydrogen (secondary N) is 1. The van der Waals surface area contributed by atoms with Gasteiger partial charge in [0.15, 0.2) is 0 Å². The van der Waals surface area contributed by atoms with Crippen molar-refractivity contribution < 1.29 is 9.53 Å². The quantitative estimate of drug-likeness (QED) is 0.778. The van der Waals surface area contributed by atoms with E-state index in [1.165, 1.54) is 0 Å². The first kappa shape index (κ1) is 14.6. The van der Waals surface area contributed by atoms with E-state index in [9.17, 15) is 4.79 Å². The third-order valence-electron chi connectivity index (χ3n) is 3.27. The van der Waals surface area contributed by atoms with Crippen molar-refractivity contribution in [1.29, 1.82) is 0 Å². The van der Waals surface area contributed by atoms with Crippen LogP contribution in [-0.4, -0.2) is 22.6 Å². The van der Waals surface area contributed by atoms with Crippen molar-refractivity contribution in [3.63, 3.8) is 0 Å². The number of benzene rings is 1. The highest BCUT2D eigenvalue weighted by Crippen LogP contribution is 2.22. The first-order valence-corrected chi connectivity index (χ1v) is 7.52. The number of nitrogens with zero attached hydrogens (tertiary/aromatic N) is 2. The van der Waals surface area contributed by atoms with Gasteiger partial charge in [-0.05, 0) is 52.3 Å². The number of fused-ring (bicyclic) bond motifs is 1. The van der Waals surface area contributed by atoms with Gasteiger partial charge in [-0.25, -0.2) is 4.52 Å². The molecule has 0 radical (unpaired) electrons. The minimum Gasteiger partial charge on any atom is -0.497 e. The lowest BCUT2D eigenvalue weighted by molar-refractivity contribution is 0.0949. The number of pyridine rings is 1. The number of carbonyl (C=O) groups excluding carboxylic acids is 1. The van der Waals surface area contributed by atoms with E-state index in [1.807, 2.05) is 30.5 Å². The number of ether oxygens (including phenoxy) is 1. The molecule has 3 aromatic rings. The molecule has 0 aliphatic carbocycles. The molecule has 0 bridgehead atoms. The molecular weight excluding hydrogens is 346 g/mol. The van der Waals surface area contributed by atoms with Gasteiger partial charge in [-0.15, -0.1) is 0 Å². The van der Waals surface area contributed by atoms with E-state index in [0.717, 1.165) is 15.7 Å². The summed E-state index contributed by atoms with van der Waals surface area (Å²) in [5.74, 6) is 0.462. The van der Waals surface area contributed by atoms with Crippen molar-refractivity contribution in [2.24, 2.45) is 0 Å². The molecule has 0 saturated heterocycles. The molecule has 0 atom stereocenters. The van der Waals surface area contributed by atoms with Gasteiger partial charge in [-0.3, -0.25) is 4.79 Å². The van der Waals surface area contributed by atoms with Crippen LogP contribution in [0.15, 0.2) is 53.1 Å². The van der Waals surface area contributed by atoms with E-state index in [1.54, 1.807) is 29.8 Å². The number of hydrogen-bond acceptors (Lipinski definition) is 3. The average Bonchev–Trinajstić information content (AvgIpc) is 2.96. The van der Waals surface area contributed by atoms with Crippen LogP contribution in [0.4, 0.5) is 0 Å². The molecule has 5 nitrogen and oxygen atoms in total. The van der Waals surface area contributed by atoms with Gasteiger partial charge < -0.3 is 10.1 Å². The molecule has 112 valence electrons. The van der Waals surface area contributed by atoms with E-state index in [0.29, 0.717) is 17.9 Å². The predicted molar refractivity (Wildman–Crippen MR) is 87.1 cm³/mol. The second-order valence-electron chi connectivity index (χ2n) is 4.73. The Balaban J connectivity index is 1.74. The van der Waals surface area contributed by atoms with E-state index < -0.39 is 0 Å². The SMILES string of the molecule is COc1ccc(Br)c(C(=O)NCc2cc3ccccn3n2)c1. The Labute approximate surface area is 136 Å². The molecule has 22 heavy (non-hydrogen) atoms. The number of rotatable bonds is 4. The largest absolute Gasteiger partial charge is 0.497 e. The molecule has 0 aliphatic heterocycles. The van der Waals surface area contributed by atoms with Crippen LogP contribution in [0.3, 0.4) is 0 Å². The van der Waals surface area contributed by atoms with E-state index in [2.05, 4.69) is 26.3 Å². The molecule has 0 spiro atoms. The molecule has 0 aliphatic rings. The summed E-state index contributed by atoms with van der Waals surface area (Å²) < 4.78 is 7.65. The van der Waals surface area contributed by atoms with Crippen molar-refractivity contribution in [3.8, 4) is 5.75 Å². The number of aromatic nitrogens is 2. The van der Waals surface area contributed by atoms with Gasteiger partial charge in [0.05, 0.1) is 30.4 Å². The molecule has 2 heterocycles. The molecule has 3 rings (SSSR count). The summed E-state index contributed by atoms with van der Waals surface area (Å²) in [6, 6.07) is 13.1. The standard InChI is InChI=1S/C16H14BrN3O2/c1-22-13-5-6-15(17)14(9-13)16(21)18-10-11-8-12-4-2-3-7-20(12)19-11/h2-9H,10H2,1H3,(H,18,21). The fourth-order valence-electron chi connectivity index (χ4n) is 2.15. The number of carbonyl (C=O) groups is 1. The van der Waals surface area contributed by atoms with Crippen molar-refractivity contribution in [3.05, 3.63) is 64.4 Å². The Morgan fingerprint density at radius 3 is 2.95 bits per heavy atom. The Morgan fingerprint density at radius 1 is 1.32 bits per heavy atom. The topological polar surface area (TPSA) is 55.6 Å². The van der Waals surface area contributed by atoms with E-state index in [-0.39, 0.29) is 5.91 Å². The minimum absolute atomic E-state index is 0.178. The third-order valence-corrected chi connectivity index (χ3v) is 3.96. The fraction of sp³-hybridized carbons (Fsp3) is 0.125. The second-order valence-corrected chi connectivity index (χ2v) is 5.59. The van der Waals surface area contributed by atoms with Gasteiger partial charge in [0, 0.05) is 10.7 Å². The van der Waals surface area contributed by atoms with Gasteiger partial charge in [0.25, 0.3) is 5.91 Å². The average molecular weight is 360 g/mol. The first-order valence-electron chi connectivity index (χ1n) is 6.72. The van der Waals surface area contributed by atoms with Crippen LogP contribution in [0.2, 0.25) is 0 Å². The molecule has 6 heteroatoms. The predicted octanol–water partition coefficient (Wildman–Crippen LogP) is 3.04. The highest BCUT2D eigenvalue weighted by molar-refractivity contribution is 9.10. The molecule has 1 amide bonds. The minimum atomic E-state index is -0.178. The zero-order valence-corrected chi connectivity index (χ0v) is 13.5. The van der Waals surface area contributed by atoms with Gasteiger partial charge in [-0.1, -0.05) is 6.07 Å². The van der Waals surface area contributed by atoms with Crippen molar-refractivity contribution >= 4 is 27.4 Å². The summed E-state index contributed by atoms with van der Waals surface area (Å²) in [6.45, 7) is 0.365. The molecule has 1 N–H and O–H groups in total. The lowest BCUT2D eigenvalue weighted by atomic mass is 10.2. The summed E-state index contributed by atoms with van der Waals surface area (Å²) >= 11 is 3.38. The van der Waals surface area contributed by atoms with Crippen LogP contribution in [0, 0.1) is 0 Å². The number of methoxy groups -OCH3 is 1. The second kappa shape index (κ2) is 6.19. The lowest BCUT2D eigenvalue weighted by Gasteiger charge is -2.07. The van der Waals surface area contributed by atoms with Crippen LogP contribution < -0.4 is 10.1 Å². The maximum absolute atomic E-state index is 12.3. The molecule has 2 aromatic heterocycles. The Hall–Kier alpha value is -2.34. The van der Waals surface area contributed by atoms with Crippen molar-refractivity contribution in [2.75, 3.05) is 7.11 Å². The first-order chi connectivity index (χ1) is 10.7. The smallest absolute Gasteiger partial charge is 0.252 e. The van der Waals surface area contributed by atoms with Crippen LogP contribution in [-0.2, 0) is 6.54 Å². The van der Waals surface area contributed by atoms with Gasteiger partial charge >= 0.3 is 0 Å². The highest BCUT2D eigenvalue weighted by Gasteiger charge is 2.12. The van der Waals surface area contributed by atoms with Crippen molar-refractivity contribution in [2.45, 2.75) is 6.54 Å². The maximum atomic E-state index is 12.3. The maximum Gasteiger partial charge on any atom is 0.252 e. The van der Waals surface area contributed by atoms with Gasteiger partial charge in [0.1, 0.15) is 5.75 Å². The molecule has 0 unspecified atom stereocenters. The number of amides is 1. The number of hydrogen-bond donors (Lipinski definition) is 1. The zero-order valence-electron chi connectivity index (χ0n) is 11.9. The summed E-state index contributed by atoms with van der Waals surface area (Å²) in [6.07, 6.45) is 1.87. The summed E-state index contributed by atoms with van der Waals surface area (Å²) in [5, 5.41) is 7.27. The molecule has 0 saturated carbocycles. The Morgan fingerprint density at radius 2 is 2.18 bits per heavy atom. The fourth-order valence-corrected chi connectivity index (χ4v) is 2.58. The molecular formula is C16H14BrN3O2. The van der Waals surface area contributed by atoms with Crippen LogP contribution in [0.5, 0.6) is 5.75 Å². The summed E-state index contributed by atoms with van der Waals surface area (Å²) in [4.78, 5) is 12.3. The summed E-state index contributed by atoms with van der Waals surface area (Å²) in [7, 11) is 1.57.